The first kappa shape index (κ1) is 22.7. The molecule has 0 N–H and O–H groups in total. The van der Waals surface area contributed by atoms with Crippen molar-refractivity contribution in [1.29, 1.82) is 0 Å². The van der Waals surface area contributed by atoms with Crippen LogP contribution in [0.3, 0.4) is 0 Å². The first-order valence-electron chi connectivity index (χ1n) is 11.0. The van der Waals surface area contributed by atoms with Gasteiger partial charge in [0.1, 0.15) is 5.75 Å². The van der Waals surface area contributed by atoms with Crippen LogP contribution in [0, 0.1) is 6.92 Å². The highest BCUT2D eigenvalue weighted by Crippen LogP contribution is 2.30. The van der Waals surface area contributed by atoms with Crippen LogP contribution >= 0.6 is 0 Å². The molecule has 0 aliphatic carbocycles. The molecule has 2 aromatic rings. The number of hydrogen-bond acceptors (Lipinski definition) is 5. The van der Waals surface area contributed by atoms with E-state index in [0.717, 1.165) is 30.6 Å². The summed E-state index contributed by atoms with van der Waals surface area (Å²) in [6.45, 7) is 7.75. The number of rotatable bonds is 7. The average molecular weight is 425 g/mol. The molecular formula is C24H32N4O3. The van der Waals surface area contributed by atoms with Crippen molar-refractivity contribution in [2.24, 2.45) is 0 Å². The largest absolute Gasteiger partial charge is 0.497 e. The average Bonchev–Trinajstić information content (AvgIpc) is 2.80. The van der Waals surface area contributed by atoms with Gasteiger partial charge in [-0.2, -0.15) is 0 Å². The predicted molar refractivity (Wildman–Crippen MR) is 119 cm³/mol. The molecule has 1 aliphatic rings. The first-order valence-corrected chi connectivity index (χ1v) is 11.0. The fraction of sp³-hybridized carbons (Fsp3) is 0.500. The van der Waals surface area contributed by atoms with E-state index in [-0.39, 0.29) is 17.9 Å². The number of aryl methyl sites for hydroxylation is 1. The van der Waals surface area contributed by atoms with Gasteiger partial charge in [0, 0.05) is 25.8 Å². The van der Waals surface area contributed by atoms with Gasteiger partial charge in [-0.05, 0) is 57.7 Å². The fourth-order valence-electron chi connectivity index (χ4n) is 4.05. The molecule has 31 heavy (non-hydrogen) atoms. The highest BCUT2D eigenvalue weighted by atomic mass is 16.5. The maximum absolute atomic E-state index is 13.1. The van der Waals surface area contributed by atoms with Gasteiger partial charge in [0.25, 0.3) is 5.91 Å². The van der Waals surface area contributed by atoms with Crippen LogP contribution in [0.1, 0.15) is 66.6 Å². The van der Waals surface area contributed by atoms with Gasteiger partial charge in [0.05, 0.1) is 30.8 Å². The lowest BCUT2D eigenvalue weighted by Gasteiger charge is -2.35. The van der Waals surface area contributed by atoms with Gasteiger partial charge < -0.3 is 14.5 Å². The van der Waals surface area contributed by atoms with Gasteiger partial charge in [-0.1, -0.05) is 12.1 Å². The number of methoxy groups -OCH3 is 1. The molecule has 1 aromatic carbocycles. The molecule has 3 rings (SSSR count). The summed E-state index contributed by atoms with van der Waals surface area (Å²) in [7, 11) is 1.63. The molecular weight excluding hydrogens is 392 g/mol. The molecule has 1 aliphatic heterocycles. The van der Waals surface area contributed by atoms with Crippen molar-refractivity contribution in [2.75, 3.05) is 26.7 Å². The number of ether oxygens (including phenoxy) is 1. The minimum Gasteiger partial charge on any atom is -0.497 e. The van der Waals surface area contributed by atoms with E-state index >= 15 is 0 Å². The van der Waals surface area contributed by atoms with E-state index in [4.69, 9.17) is 4.74 Å². The Labute approximate surface area is 184 Å². The molecule has 0 bridgehead atoms. The predicted octanol–water partition coefficient (Wildman–Crippen LogP) is 3.57. The van der Waals surface area contributed by atoms with E-state index < -0.39 is 0 Å². The Balaban J connectivity index is 1.78. The number of amides is 2. The Hall–Kier alpha value is -2.96. The summed E-state index contributed by atoms with van der Waals surface area (Å²) in [5.41, 5.74) is 2.14. The third-order valence-electron chi connectivity index (χ3n) is 5.91. The van der Waals surface area contributed by atoms with Gasteiger partial charge in [-0.3, -0.25) is 9.59 Å². The van der Waals surface area contributed by atoms with E-state index in [1.807, 2.05) is 49.9 Å². The first-order chi connectivity index (χ1) is 15.0. The van der Waals surface area contributed by atoms with E-state index in [1.165, 1.54) is 0 Å². The Morgan fingerprint density at radius 1 is 1.16 bits per heavy atom. The second-order valence-electron chi connectivity index (χ2n) is 7.83. The van der Waals surface area contributed by atoms with Gasteiger partial charge in [0.15, 0.2) is 5.82 Å². The molecule has 1 atom stereocenters. The highest BCUT2D eigenvalue weighted by molar-refractivity contribution is 5.94. The second-order valence-corrected chi connectivity index (χ2v) is 7.83. The summed E-state index contributed by atoms with van der Waals surface area (Å²) in [4.78, 5) is 38.7. The number of likely N-dealkylation sites (tertiary alicyclic amines) is 1. The fourth-order valence-corrected chi connectivity index (χ4v) is 4.05. The third-order valence-corrected chi connectivity index (χ3v) is 5.91. The molecule has 2 amide bonds. The van der Waals surface area contributed by atoms with Gasteiger partial charge in [-0.25, -0.2) is 9.97 Å². The summed E-state index contributed by atoms with van der Waals surface area (Å²) in [5.74, 6) is 1.41. The zero-order valence-electron chi connectivity index (χ0n) is 18.9. The molecule has 7 heteroatoms. The number of carbonyl (C=O) groups is 2. The standard InChI is InChI=1S/C24H32N4O3/c1-5-27(6-2)24(30)20-16-25-23(26-17(20)3)21-9-7-8-14-28(21)22(29)15-18-10-12-19(31-4)13-11-18/h10-13,16,21H,5-9,14-15H2,1-4H3. The number of carbonyl (C=O) groups excluding carboxylic acids is 2. The number of benzene rings is 1. The SMILES string of the molecule is CCN(CC)C(=O)c1cnc(C2CCCCN2C(=O)Cc2ccc(OC)cc2)nc1C. The summed E-state index contributed by atoms with van der Waals surface area (Å²) in [5, 5.41) is 0. The number of piperidine rings is 1. The minimum absolute atomic E-state index is 0.0508. The van der Waals surface area contributed by atoms with Crippen LogP contribution in [0.2, 0.25) is 0 Å². The lowest BCUT2D eigenvalue weighted by molar-refractivity contribution is -0.134. The Bertz CT molecular complexity index is 910. The maximum atomic E-state index is 13.1. The summed E-state index contributed by atoms with van der Waals surface area (Å²) < 4.78 is 5.19. The van der Waals surface area contributed by atoms with Crippen molar-refractivity contribution in [3.63, 3.8) is 0 Å². The van der Waals surface area contributed by atoms with Crippen molar-refractivity contribution in [2.45, 2.75) is 52.5 Å². The van der Waals surface area contributed by atoms with Gasteiger partial charge >= 0.3 is 0 Å². The quantitative estimate of drug-likeness (QED) is 0.679. The van der Waals surface area contributed by atoms with Crippen molar-refractivity contribution in [3.8, 4) is 5.75 Å². The molecule has 2 heterocycles. The molecule has 1 aromatic heterocycles. The van der Waals surface area contributed by atoms with E-state index in [2.05, 4.69) is 9.97 Å². The monoisotopic (exact) mass is 424 g/mol. The molecule has 7 nitrogen and oxygen atoms in total. The molecule has 166 valence electrons. The van der Waals surface area contributed by atoms with E-state index in [1.54, 1.807) is 18.2 Å². The topological polar surface area (TPSA) is 75.6 Å². The van der Waals surface area contributed by atoms with Gasteiger partial charge in [0.2, 0.25) is 5.91 Å². The highest BCUT2D eigenvalue weighted by Gasteiger charge is 2.30. The summed E-state index contributed by atoms with van der Waals surface area (Å²) in [6, 6.07) is 7.42. The molecule has 0 spiro atoms. The lowest BCUT2D eigenvalue weighted by atomic mass is 9.99. The Kier molecular flexibility index (Phi) is 7.60. The van der Waals surface area contributed by atoms with Crippen LogP contribution in [-0.4, -0.2) is 58.3 Å². The normalized spacial score (nSPS) is 16.1. The van der Waals surface area contributed by atoms with Crippen molar-refractivity contribution >= 4 is 11.8 Å². The molecule has 1 unspecified atom stereocenters. The van der Waals surface area contributed by atoms with Crippen molar-refractivity contribution in [3.05, 3.63) is 53.1 Å². The minimum atomic E-state index is -0.157. The van der Waals surface area contributed by atoms with Crippen LogP contribution in [0.15, 0.2) is 30.5 Å². The lowest BCUT2D eigenvalue weighted by Crippen LogP contribution is -2.40. The van der Waals surface area contributed by atoms with Gasteiger partial charge in [-0.15, -0.1) is 0 Å². The van der Waals surface area contributed by atoms with E-state index in [9.17, 15) is 9.59 Å². The number of nitrogens with zero attached hydrogens (tertiary/aromatic N) is 4. The summed E-state index contributed by atoms with van der Waals surface area (Å²) >= 11 is 0. The van der Waals surface area contributed by atoms with Crippen LogP contribution in [0.25, 0.3) is 0 Å². The molecule has 0 saturated carbocycles. The molecule has 1 fully saturated rings. The van der Waals surface area contributed by atoms with Crippen LogP contribution in [0.5, 0.6) is 5.75 Å². The number of hydrogen-bond donors (Lipinski definition) is 0. The Morgan fingerprint density at radius 2 is 1.87 bits per heavy atom. The smallest absolute Gasteiger partial charge is 0.257 e. The third kappa shape index (κ3) is 5.21. The van der Waals surface area contributed by atoms with Crippen molar-refractivity contribution < 1.29 is 14.3 Å². The van der Waals surface area contributed by atoms with Crippen molar-refractivity contribution in [1.82, 2.24) is 19.8 Å². The number of aromatic nitrogens is 2. The maximum Gasteiger partial charge on any atom is 0.257 e. The summed E-state index contributed by atoms with van der Waals surface area (Å²) in [6.07, 6.45) is 4.79. The van der Waals surface area contributed by atoms with E-state index in [0.29, 0.717) is 43.1 Å². The zero-order chi connectivity index (χ0) is 22.4. The molecule has 1 saturated heterocycles. The van der Waals surface area contributed by atoms with Crippen LogP contribution in [-0.2, 0) is 11.2 Å². The zero-order valence-corrected chi connectivity index (χ0v) is 18.9. The van der Waals surface area contributed by atoms with Crippen LogP contribution in [0.4, 0.5) is 0 Å². The molecule has 0 radical (unpaired) electrons. The Morgan fingerprint density at radius 3 is 2.48 bits per heavy atom. The van der Waals surface area contributed by atoms with Crippen LogP contribution < -0.4 is 4.74 Å². The second kappa shape index (κ2) is 10.4.